The number of hydrogen-bond donors (Lipinski definition) is 1. The molecule has 1 atom stereocenters. The van der Waals surface area contributed by atoms with Crippen LogP contribution >= 0.6 is 0 Å². The third-order valence-corrected chi connectivity index (χ3v) is 2.69. The molecule has 0 aliphatic carbocycles. The van der Waals surface area contributed by atoms with E-state index in [1.807, 2.05) is 19.1 Å². The van der Waals surface area contributed by atoms with E-state index in [0.29, 0.717) is 0 Å². The Morgan fingerprint density at radius 3 is 2.82 bits per heavy atom. The van der Waals surface area contributed by atoms with Crippen molar-refractivity contribution >= 4 is 0 Å². The van der Waals surface area contributed by atoms with E-state index >= 15 is 0 Å². The zero-order chi connectivity index (χ0) is 12.7. The number of nitrogens with two attached hydrogens (primary N) is 1. The highest BCUT2D eigenvalue weighted by molar-refractivity contribution is 5.05. The molecule has 1 unspecified atom stereocenters. The van der Waals surface area contributed by atoms with Gasteiger partial charge in [-0.25, -0.2) is 0 Å². The van der Waals surface area contributed by atoms with E-state index in [1.165, 1.54) is 0 Å². The van der Waals surface area contributed by atoms with Gasteiger partial charge in [0.2, 0.25) is 0 Å². The summed E-state index contributed by atoms with van der Waals surface area (Å²) in [6.07, 6.45) is 2.01. The maximum Gasteiger partial charge on any atom is 0.118 e. The fourth-order valence-electron chi connectivity index (χ4n) is 1.88. The van der Waals surface area contributed by atoms with Crippen molar-refractivity contribution in [1.29, 1.82) is 0 Å². The Balaban J connectivity index is 2.21. The summed E-state index contributed by atoms with van der Waals surface area (Å²) in [6, 6.07) is 4.20. The van der Waals surface area contributed by atoms with E-state index in [0.717, 1.165) is 44.1 Å². The van der Waals surface area contributed by atoms with Crippen LogP contribution in [0.3, 0.4) is 0 Å². The Bertz CT molecular complexity index is 312. The average molecular weight is 240 g/mol. The molecular weight excluding hydrogens is 216 g/mol. The van der Waals surface area contributed by atoms with E-state index < -0.39 is 0 Å². The topological polar surface area (TPSA) is 51.6 Å². The minimum atomic E-state index is 0.200. The van der Waals surface area contributed by atoms with Gasteiger partial charge >= 0.3 is 0 Å². The number of methoxy groups -OCH3 is 1. The molecule has 2 N–H and O–H groups in total. The minimum absolute atomic E-state index is 0.200. The molecule has 0 aliphatic heterocycles. The molecule has 4 heteroatoms. The van der Waals surface area contributed by atoms with Crippen molar-refractivity contribution in [2.24, 2.45) is 5.73 Å². The first-order valence-corrected chi connectivity index (χ1v) is 6.10. The number of ether oxygens (including phenoxy) is 1. The number of hydrogen-bond acceptors (Lipinski definition) is 4. The highest BCUT2D eigenvalue weighted by Crippen LogP contribution is 2.09. The molecule has 1 rings (SSSR count). The van der Waals surface area contributed by atoms with Gasteiger partial charge in [0.15, 0.2) is 0 Å². The second-order valence-corrected chi connectivity index (χ2v) is 4.60. The number of nitrogens with zero attached hydrogens (tertiary/aromatic N) is 1. The van der Waals surface area contributed by atoms with Gasteiger partial charge in [0.1, 0.15) is 11.5 Å². The first-order valence-electron chi connectivity index (χ1n) is 6.10. The van der Waals surface area contributed by atoms with Gasteiger partial charge in [0.05, 0.1) is 6.54 Å². The van der Waals surface area contributed by atoms with Crippen molar-refractivity contribution in [3.63, 3.8) is 0 Å². The lowest BCUT2D eigenvalue weighted by atomic mass is 10.1. The first kappa shape index (κ1) is 14.2. The molecule has 4 nitrogen and oxygen atoms in total. The van der Waals surface area contributed by atoms with Crippen LogP contribution < -0.4 is 5.73 Å². The summed E-state index contributed by atoms with van der Waals surface area (Å²) in [7, 11) is 3.78. The highest BCUT2D eigenvalue weighted by atomic mass is 16.5. The summed E-state index contributed by atoms with van der Waals surface area (Å²) >= 11 is 0. The third-order valence-electron chi connectivity index (χ3n) is 2.69. The van der Waals surface area contributed by atoms with E-state index in [4.69, 9.17) is 14.9 Å². The van der Waals surface area contributed by atoms with Crippen LogP contribution in [-0.4, -0.2) is 38.3 Å². The maximum atomic E-state index is 6.05. The molecule has 1 heterocycles. The van der Waals surface area contributed by atoms with Crippen LogP contribution in [0, 0.1) is 6.92 Å². The van der Waals surface area contributed by atoms with Gasteiger partial charge in [-0.3, -0.25) is 4.90 Å². The lowest BCUT2D eigenvalue weighted by molar-refractivity contribution is 0.186. The van der Waals surface area contributed by atoms with Gasteiger partial charge in [0.25, 0.3) is 0 Å². The van der Waals surface area contributed by atoms with Crippen LogP contribution in [-0.2, 0) is 11.3 Å². The highest BCUT2D eigenvalue weighted by Gasteiger charge is 2.08. The Labute approximate surface area is 104 Å². The van der Waals surface area contributed by atoms with E-state index in [9.17, 15) is 0 Å². The summed E-state index contributed by atoms with van der Waals surface area (Å²) in [4.78, 5) is 2.19. The van der Waals surface area contributed by atoms with Gasteiger partial charge in [0, 0.05) is 26.3 Å². The monoisotopic (exact) mass is 240 g/mol. The predicted octanol–water partition coefficient (Wildman–Crippen LogP) is 1.77. The van der Waals surface area contributed by atoms with E-state index in [1.54, 1.807) is 7.11 Å². The number of likely N-dealkylation sites (N-methyl/N-ethyl adjacent to an activating group) is 1. The maximum absolute atomic E-state index is 6.05. The Morgan fingerprint density at radius 2 is 2.24 bits per heavy atom. The summed E-state index contributed by atoms with van der Waals surface area (Å²) in [5, 5.41) is 0. The molecule has 0 amide bonds. The molecular formula is C13H24N2O2. The molecule has 0 saturated carbocycles. The SMILES string of the molecule is COCCCC(N)CN(C)Cc1ccc(C)o1. The summed E-state index contributed by atoms with van der Waals surface area (Å²) < 4.78 is 10.5. The first-order chi connectivity index (χ1) is 8.11. The Hall–Kier alpha value is -0.840. The van der Waals surface area contributed by atoms with Gasteiger partial charge in [-0.15, -0.1) is 0 Å². The molecule has 0 bridgehead atoms. The lowest BCUT2D eigenvalue weighted by Gasteiger charge is -2.20. The molecule has 98 valence electrons. The van der Waals surface area contributed by atoms with Crippen LogP contribution in [0.4, 0.5) is 0 Å². The molecule has 1 aromatic rings. The molecule has 0 aliphatic rings. The van der Waals surface area contributed by atoms with Crippen molar-refractivity contribution < 1.29 is 9.15 Å². The minimum Gasteiger partial charge on any atom is -0.465 e. The van der Waals surface area contributed by atoms with Crippen LogP contribution in [0.25, 0.3) is 0 Å². The van der Waals surface area contributed by atoms with Crippen LogP contribution in [0.2, 0.25) is 0 Å². The zero-order valence-electron chi connectivity index (χ0n) is 11.1. The van der Waals surface area contributed by atoms with Crippen LogP contribution in [0.15, 0.2) is 16.5 Å². The van der Waals surface area contributed by atoms with E-state index in [2.05, 4.69) is 11.9 Å². The fraction of sp³-hybridized carbons (Fsp3) is 0.692. The largest absolute Gasteiger partial charge is 0.465 e. The molecule has 0 fully saturated rings. The number of furan rings is 1. The van der Waals surface area contributed by atoms with Gasteiger partial charge in [-0.2, -0.15) is 0 Å². The number of rotatable bonds is 8. The van der Waals surface area contributed by atoms with Crippen molar-refractivity contribution in [1.82, 2.24) is 4.90 Å². The quantitative estimate of drug-likeness (QED) is 0.704. The second-order valence-electron chi connectivity index (χ2n) is 4.60. The third kappa shape index (κ3) is 5.86. The van der Waals surface area contributed by atoms with Crippen molar-refractivity contribution in [2.75, 3.05) is 27.3 Å². The molecule has 0 spiro atoms. The van der Waals surface area contributed by atoms with Crippen molar-refractivity contribution in [3.8, 4) is 0 Å². The summed E-state index contributed by atoms with van der Waals surface area (Å²) in [5.74, 6) is 1.95. The molecule has 0 saturated heterocycles. The average Bonchev–Trinajstić information content (AvgIpc) is 2.64. The Kier molecular flexibility index (Phi) is 6.26. The van der Waals surface area contributed by atoms with Crippen molar-refractivity contribution in [2.45, 2.75) is 32.4 Å². The van der Waals surface area contributed by atoms with Gasteiger partial charge < -0.3 is 14.9 Å². The molecule has 1 aromatic heterocycles. The number of aryl methyl sites for hydroxylation is 1. The normalized spacial score (nSPS) is 13.2. The van der Waals surface area contributed by atoms with E-state index in [-0.39, 0.29) is 6.04 Å². The van der Waals surface area contributed by atoms with Gasteiger partial charge in [-0.1, -0.05) is 0 Å². The molecule has 0 aromatic carbocycles. The van der Waals surface area contributed by atoms with Gasteiger partial charge in [-0.05, 0) is 38.9 Å². The Morgan fingerprint density at radius 1 is 1.47 bits per heavy atom. The second kappa shape index (κ2) is 7.48. The van der Waals surface area contributed by atoms with Crippen LogP contribution in [0.5, 0.6) is 0 Å². The zero-order valence-corrected chi connectivity index (χ0v) is 11.1. The van der Waals surface area contributed by atoms with Crippen LogP contribution in [0.1, 0.15) is 24.4 Å². The summed E-state index contributed by atoms with van der Waals surface area (Å²) in [5.41, 5.74) is 6.05. The lowest BCUT2D eigenvalue weighted by Crippen LogP contribution is -2.35. The fourth-order valence-corrected chi connectivity index (χ4v) is 1.88. The molecule has 0 radical (unpaired) electrons. The summed E-state index contributed by atoms with van der Waals surface area (Å²) in [6.45, 7) is 4.43. The predicted molar refractivity (Wildman–Crippen MR) is 68.9 cm³/mol. The molecule has 17 heavy (non-hydrogen) atoms. The van der Waals surface area contributed by atoms with Crippen molar-refractivity contribution in [3.05, 3.63) is 23.7 Å². The smallest absolute Gasteiger partial charge is 0.118 e. The standard InChI is InChI=1S/C13H24N2O2/c1-11-6-7-13(17-11)10-15(2)9-12(14)5-4-8-16-3/h6-7,12H,4-5,8-10,14H2,1-3H3.